The van der Waals surface area contributed by atoms with Crippen LogP contribution in [0.15, 0.2) is 23.3 Å². The van der Waals surface area contributed by atoms with Gasteiger partial charge in [-0.1, -0.05) is 17.9 Å². The summed E-state index contributed by atoms with van der Waals surface area (Å²) < 4.78 is 6.13. The van der Waals surface area contributed by atoms with Gasteiger partial charge in [0, 0.05) is 0 Å². The Kier molecular flexibility index (Phi) is 4.29. The smallest absolute Gasteiger partial charge is 0.397 e. The second kappa shape index (κ2) is 6.32. The monoisotopic (exact) mass is 291 g/mol. The number of hydrogen-bond acceptors (Lipinski definition) is 7. The number of nitrogens with one attached hydrogen (secondary N) is 2. The van der Waals surface area contributed by atoms with Crippen molar-refractivity contribution in [2.24, 2.45) is 5.10 Å². The summed E-state index contributed by atoms with van der Waals surface area (Å²) in [5, 5.41) is 24.8. The number of carbonyl (C=O) groups excluding carboxylic acids is 1. The van der Waals surface area contributed by atoms with Crippen LogP contribution >= 0.6 is 0 Å². The van der Waals surface area contributed by atoms with Crippen LogP contribution in [0.2, 0.25) is 0 Å². The quantitative estimate of drug-likeness (QED) is 0.327. The third kappa shape index (κ3) is 3.43. The van der Waals surface area contributed by atoms with Gasteiger partial charge in [-0.15, -0.1) is 9.90 Å². The number of anilines is 1. The van der Waals surface area contributed by atoms with Gasteiger partial charge < -0.3 is 15.6 Å². The summed E-state index contributed by atoms with van der Waals surface area (Å²) in [4.78, 5) is 11.6. The summed E-state index contributed by atoms with van der Waals surface area (Å²) in [7, 11) is 1.40. The van der Waals surface area contributed by atoms with Crippen molar-refractivity contribution in [1.82, 2.24) is 21.0 Å². The Labute approximate surface area is 119 Å². The number of amides is 1. The molecule has 0 aliphatic heterocycles. The van der Waals surface area contributed by atoms with Gasteiger partial charge in [-0.25, -0.2) is 5.43 Å². The number of nitrogen functional groups attached to an aromatic ring is 1. The van der Waals surface area contributed by atoms with E-state index in [9.17, 15) is 9.90 Å². The third-order valence-electron chi connectivity index (χ3n) is 2.52. The molecule has 0 spiro atoms. The fourth-order valence-electron chi connectivity index (χ4n) is 1.50. The van der Waals surface area contributed by atoms with Gasteiger partial charge in [-0.05, 0) is 11.6 Å². The molecule has 1 heterocycles. The molecule has 10 nitrogen and oxygen atoms in total. The van der Waals surface area contributed by atoms with E-state index in [2.05, 4.69) is 26.1 Å². The zero-order chi connectivity index (χ0) is 15.2. The van der Waals surface area contributed by atoms with E-state index >= 15 is 0 Å². The molecule has 110 valence electrons. The number of nitrogens with zero attached hydrogens (tertiary/aromatic N) is 4. The molecule has 21 heavy (non-hydrogen) atoms. The molecule has 0 unspecified atom stereocenters. The maximum atomic E-state index is 11.8. The third-order valence-corrected chi connectivity index (χ3v) is 2.52. The first-order valence-electron chi connectivity index (χ1n) is 5.84. The van der Waals surface area contributed by atoms with E-state index in [1.54, 1.807) is 18.2 Å². The first-order valence-corrected chi connectivity index (χ1v) is 5.84. The maximum Gasteiger partial charge on any atom is 0.397 e. The van der Waals surface area contributed by atoms with Gasteiger partial charge in [-0.3, -0.25) is 4.79 Å². The zero-order valence-electron chi connectivity index (χ0n) is 11.1. The Morgan fingerprint density at radius 1 is 1.67 bits per heavy atom. The Morgan fingerprint density at radius 3 is 3.14 bits per heavy atom. The molecule has 1 aromatic heterocycles. The van der Waals surface area contributed by atoms with Crippen LogP contribution in [0.1, 0.15) is 5.56 Å². The molecule has 4 N–H and O–H groups in total. The average molecular weight is 291 g/mol. The van der Waals surface area contributed by atoms with Crippen LogP contribution in [0.4, 0.5) is 5.95 Å². The topological polar surface area (TPSA) is 145 Å². The SMILES string of the molecule is COc1cccc(/C=N/NC(=O)C[n+]2[nH]nnc2N)c1[O-]. The molecule has 10 heteroatoms. The number of methoxy groups -OCH3 is 1. The number of rotatable bonds is 5. The number of ether oxygens (including phenoxy) is 1. The van der Waals surface area contributed by atoms with Crippen molar-refractivity contribution in [3.8, 4) is 11.5 Å². The van der Waals surface area contributed by atoms with E-state index in [0.717, 1.165) is 0 Å². The van der Waals surface area contributed by atoms with Crippen molar-refractivity contribution < 1.29 is 19.3 Å². The van der Waals surface area contributed by atoms with Crippen LogP contribution in [0.3, 0.4) is 0 Å². The molecule has 0 aliphatic rings. The standard InChI is InChI=1S/C11H13N7O3/c1-21-8-4-2-3-7(10(8)20)5-13-14-9(19)6-18-11(12)15-16-17-18/h2-5H,6H2,1H3,(H4,12,13,14,15,16,17,19,20). The fourth-order valence-corrected chi connectivity index (χ4v) is 1.50. The maximum absolute atomic E-state index is 11.8. The van der Waals surface area contributed by atoms with Gasteiger partial charge in [0.25, 0.3) is 5.91 Å². The first kappa shape index (κ1) is 14.2. The van der Waals surface area contributed by atoms with Crippen molar-refractivity contribution in [2.45, 2.75) is 6.54 Å². The Balaban J connectivity index is 1.96. The molecule has 2 rings (SSSR count). The molecular formula is C11H13N7O3. The van der Waals surface area contributed by atoms with Crippen molar-refractivity contribution in [1.29, 1.82) is 0 Å². The summed E-state index contributed by atoms with van der Waals surface area (Å²) in [5.74, 6) is -0.486. The number of carbonyl (C=O) groups is 1. The van der Waals surface area contributed by atoms with Crippen LogP contribution in [-0.4, -0.2) is 34.8 Å². The summed E-state index contributed by atoms with van der Waals surface area (Å²) in [5.41, 5.74) is 8.00. The molecule has 0 atom stereocenters. The second-order valence-electron chi connectivity index (χ2n) is 3.92. The van der Waals surface area contributed by atoms with Crippen LogP contribution in [0.25, 0.3) is 0 Å². The van der Waals surface area contributed by atoms with E-state index in [0.29, 0.717) is 5.56 Å². The van der Waals surface area contributed by atoms with E-state index < -0.39 is 5.91 Å². The molecule has 0 aliphatic carbocycles. The first-order chi connectivity index (χ1) is 10.1. The summed E-state index contributed by atoms with van der Waals surface area (Å²) in [6, 6.07) is 4.76. The number of tetrazole rings is 1. The van der Waals surface area contributed by atoms with Crippen molar-refractivity contribution in [2.75, 3.05) is 12.8 Å². The number of hydrazone groups is 1. The summed E-state index contributed by atoms with van der Waals surface area (Å²) >= 11 is 0. The molecule has 0 saturated heterocycles. The highest BCUT2D eigenvalue weighted by Gasteiger charge is 2.12. The van der Waals surface area contributed by atoms with Gasteiger partial charge >= 0.3 is 5.95 Å². The minimum atomic E-state index is -0.454. The van der Waals surface area contributed by atoms with Gasteiger partial charge in [0.1, 0.15) is 11.0 Å². The van der Waals surface area contributed by atoms with Crippen LogP contribution in [0.5, 0.6) is 11.5 Å². The lowest BCUT2D eigenvalue weighted by atomic mass is 10.2. The number of H-pyrrole nitrogens is 1. The van der Waals surface area contributed by atoms with Gasteiger partial charge in [-0.2, -0.15) is 5.10 Å². The Morgan fingerprint density at radius 2 is 2.48 bits per heavy atom. The largest absolute Gasteiger partial charge is 0.870 e. The predicted molar refractivity (Wildman–Crippen MR) is 69.2 cm³/mol. The van der Waals surface area contributed by atoms with E-state index in [1.165, 1.54) is 18.0 Å². The summed E-state index contributed by atoms with van der Waals surface area (Å²) in [6.45, 7) is -0.126. The van der Waals surface area contributed by atoms with E-state index in [1.807, 2.05) is 0 Å². The molecule has 2 aromatic rings. The average Bonchev–Trinajstić information content (AvgIpc) is 2.86. The molecule has 0 bridgehead atoms. The van der Waals surface area contributed by atoms with Crippen LogP contribution < -0.4 is 25.7 Å². The van der Waals surface area contributed by atoms with Crippen molar-refractivity contribution >= 4 is 18.1 Å². The van der Waals surface area contributed by atoms with Gasteiger partial charge in [0.2, 0.25) is 0 Å². The fraction of sp³-hybridized carbons (Fsp3) is 0.182. The normalized spacial score (nSPS) is 10.7. The second-order valence-corrected chi connectivity index (χ2v) is 3.92. The van der Waals surface area contributed by atoms with Crippen LogP contribution in [0, 0.1) is 0 Å². The highest BCUT2D eigenvalue weighted by Crippen LogP contribution is 2.24. The molecule has 0 saturated carbocycles. The minimum absolute atomic E-state index is 0.0729. The van der Waals surface area contributed by atoms with Crippen molar-refractivity contribution in [3.63, 3.8) is 0 Å². The Hall–Kier alpha value is -3.17. The molecule has 1 amide bonds. The molecule has 1 aromatic carbocycles. The zero-order valence-corrected chi connectivity index (χ0v) is 11.1. The van der Waals surface area contributed by atoms with Gasteiger partial charge in [0.05, 0.1) is 18.4 Å². The minimum Gasteiger partial charge on any atom is -0.870 e. The van der Waals surface area contributed by atoms with Crippen LogP contribution in [-0.2, 0) is 11.3 Å². The predicted octanol–water partition coefficient (Wildman–Crippen LogP) is -2.09. The lowest BCUT2D eigenvalue weighted by Crippen LogP contribution is -2.45. The van der Waals surface area contributed by atoms with Crippen molar-refractivity contribution in [3.05, 3.63) is 23.8 Å². The molecule has 0 radical (unpaired) electrons. The number of aromatic nitrogens is 4. The van der Waals surface area contributed by atoms with E-state index in [-0.39, 0.29) is 24.0 Å². The summed E-state index contributed by atoms with van der Waals surface area (Å²) in [6.07, 6.45) is 1.24. The lowest BCUT2D eigenvalue weighted by Gasteiger charge is -2.14. The van der Waals surface area contributed by atoms with Gasteiger partial charge in [0.15, 0.2) is 6.54 Å². The van der Waals surface area contributed by atoms with E-state index in [4.69, 9.17) is 10.5 Å². The number of benzene rings is 1. The number of para-hydroxylation sites is 1. The number of hydrogen-bond donors (Lipinski definition) is 3. The lowest BCUT2D eigenvalue weighted by molar-refractivity contribution is -0.729. The number of aromatic amines is 1. The highest BCUT2D eigenvalue weighted by atomic mass is 16.5. The molecule has 0 fully saturated rings. The highest BCUT2D eigenvalue weighted by molar-refractivity contribution is 5.85. The number of nitrogens with two attached hydrogens (primary N) is 1. The Bertz CT molecular complexity index is 668. The molecular weight excluding hydrogens is 278 g/mol.